The number of carbonyl (C=O) groups is 2. The van der Waals surface area contributed by atoms with Crippen LogP contribution >= 0.6 is 15.9 Å². The molecule has 1 rings (SSSR count). The van der Waals surface area contributed by atoms with Crippen LogP contribution in [0.4, 0.5) is 0 Å². The highest BCUT2D eigenvalue weighted by Crippen LogP contribution is 2.24. The molecule has 0 saturated heterocycles. The fraction of sp³-hybridized carbons (Fsp3) is 0.167. The summed E-state index contributed by atoms with van der Waals surface area (Å²) in [5, 5.41) is 8.46. The molecule has 0 aromatic heterocycles. The van der Waals surface area contributed by atoms with Gasteiger partial charge in [-0.2, -0.15) is 0 Å². The van der Waals surface area contributed by atoms with Crippen LogP contribution in [0.5, 0.6) is 5.75 Å². The molecular weight excluding hydrogens is 288 g/mol. The molecule has 0 aliphatic carbocycles. The van der Waals surface area contributed by atoms with Gasteiger partial charge < -0.3 is 9.84 Å². The smallest absolute Gasteiger partial charge is 0.328 e. The molecule has 4 nitrogen and oxygen atoms in total. The molecule has 0 radical (unpaired) electrons. The van der Waals surface area contributed by atoms with E-state index in [1.165, 1.54) is 0 Å². The van der Waals surface area contributed by atoms with Gasteiger partial charge >= 0.3 is 5.97 Å². The van der Waals surface area contributed by atoms with E-state index in [-0.39, 0.29) is 0 Å². The van der Waals surface area contributed by atoms with Gasteiger partial charge in [0.2, 0.25) is 0 Å². The summed E-state index contributed by atoms with van der Waals surface area (Å²) in [5.74, 6) is -1.13. The standard InChI is InChI=1S/C12H11BrO4/c1-2-17-11-5-3-8(13)7-9(11)10(14)4-6-12(15)16/h3-7H,2H2,1H3,(H,15,16). The van der Waals surface area contributed by atoms with Crippen LogP contribution in [0, 0.1) is 0 Å². The lowest BCUT2D eigenvalue weighted by Crippen LogP contribution is -2.02. The fourth-order valence-corrected chi connectivity index (χ4v) is 1.57. The first-order chi connectivity index (χ1) is 8.04. The zero-order valence-electron chi connectivity index (χ0n) is 9.14. The molecule has 17 heavy (non-hydrogen) atoms. The number of carboxylic acids is 1. The van der Waals surface area contributed by atoms with E-state index in [4.69, 9.17) is 9.84 Å². The zero-order valence-corrected chi connectivity index (χ0v) is 10.7. The first-order valence-corrected chi connectivity index (χ1v) is 5.71. The van der Waals surface area contributed by atoms with Gasteiger partial charge in [0.25, 0.3) is 0 Å². The van der Waals surface area contributed by atoms with Crippen molar-refractivity contribution >= 4 is 27.7 Å². The van der Waals surface area contributed by atoms with E-state index in [0.29, 0.717) is 17.9 Å². The Hall–Kier alpha value is -1.62. The summed E-state index contributed by atoms with van der Waals surface area (Å²) in [4.78, 5) is 22.1. The lowest BCUT2D eigenvalue weighted by atomic mass is 10.1. The third-order valence-electron chi connectivity index (χ3n) is 1.88. The highest BCUT2D eigenvalue weighted by Gasteiger charge is 2.10. The Bertz CT molecular complexity index is 466. The van der Waals surface area contributed by atoms with Gasteiger partial charge in [-0.15, -0.1) is 0 Å². The number of hydrogen-bond acceptors (Lipinski definition) is 3. The maximum absolute atomic E-state index is 11.7. The van der Waals surface area contributed by atoms with Gasteiger partial charge in [-0.25, -0.2) is 4.79 Å². The second-order valence-electron chi connectivity index (χ2n) is 3.11. The average molecular weight is 299 g/mol. The third kappa shape index (κ3) is 4.03. The summed E-state index contributed by atoms with van der Waals surface area (Å²) in [5.41, 5.74) is 0.332. The van der Waals surface area contributed by atoms with Crippen molar-refractivity contribution in [2.24, 2.45) is 0 Å². The highest BCUT2D eigenvalue weighted by molar-refractivity contribution is 9.10. The molecular formula is C12H11BrO4. The Morgan fingerprint density at radius 3 is 2.71 bits per heavy atom. The molecule has 0 spiro atoms. The van der Waals surface area contributed by atoms with Crippen LogP contribution in [-0.4, -0.2) is 23.5 Å². The normalized spacial score (nSPS) is 10.5. The molecule has 90 valence electrons. The van der Waals surface area contributed by atoms with Crippen LogP contribution in [-0.2, 0) is 4.79 Å². The van der Waals surface area contributed by atoms with Crippen LogP contribution in [0.2, 0.25) is 0 Å². The van der Waals surface area contributed by atoms with Gasteiger partial charge in [0.05, 0.1) is 12.2 Å². The van der Waals surface area contributed by atoms with Gasteiger partial charge in [0, 0.05) is 10.5 Å². The first kappa shape index (κ1) is 13.4. The minimum absolute atomic E-state index is 0.332. The van der Waals surface area contributed by atoms with Crippen molar-refractivity contribution in [1.29, 1.82) is 0 Å². The van der Waals surface area contributed by atoms with Crippen molar-refractivity contribution in [2.75, 3.05) is 6.61 Å². The first-order valence-electron chi connectivity index (χ1n) is 4.92. The molecule has 0 bridgehead atoms. The molecule has 0 aliphatic rings. The summed E-state index contributed by atoms with van der Waals surface area (Å²) in [6, 6.07) is 5.01. The SMILES string of the molecule is CCOc1ccc(Br)cc1C(=O)C=CC(=O)O. The van der Waals surface area contributed by atoms with E-state index in [1.807, 2.05) is 6.92 Å². The lowest BCUT2D eigenvalue weighted by Gasteiger charge is -2.07. The van der Waals surface area contributed by atoms with E-state index in [9.17, 15) is 9.59 Å². The van der Waals surface area contributed by atoms with E-state index in [0.717, 1.165) is 16.6 Å². The van der Waals surface area contributed by atoms with Gasteiger partial charge in [-0.05, 0) is 31.2 Å². The Labute approximate surface area is 107 Å². The Balaban J connectivity index is 3.05. The van der Waals surface area contributed by atoms with Gasteiger partial charge in [0.15, 0.2) is 5.78 Å². The minimum Gasteiger partial charge on any atom is -0.493 e. The van der Waals surface area contributed by atoms with Crippen molar-refractivity contribution in [3.63, 3.8) is 0 Å². The molecule has 0 aliphatic heterocycles. The average Bonchev–Trinajstić information content (AvgIpc) is 2.28. The predicted molar refractivity (Wildman–Crippen MR) is 66.4 cm³/mol. The molecule has 1 aromatic rings. The number of benzene rings is 1. The second kappa shape index (κ2) is 6.20. The van der Waals surface area contributed by atoms with Crippen LogP contribution in [0.3, 0.4) is 0 Å². The summed E-state index contributed by atoms with van der Waals surface area (Å²) in [7, 11) is 0. The summed E-state index contributed by atoms with van der Waals surface area (Å²) >= 11 is 3.25. The number of allylic oxidation sites excluding steroid dienone is 1. The highest BCUT2D eigenvalue weighted by atomic mass is 79.9. The van der Waals surface area contributed by atoms with Crippen molar-refractivity contribution in [3.05, 3.63) is 40.4 Å². The predicted octanol–water partition coefficient (Wildman–Crippen LogP) is 2.67. The molecule has 0 atom stereocenters. The number of carbonyl (C=O) groups excluding carboxylic acids is 1. The minimum atomic E-state index is -1.16. The number of carboxylic acid groups (broad SMARTS) is 1. The van der Waals surface area contributed by atoms with Gasteiger partial charge in [-0.1, -0.05) is 15.9 Å². The topological polar surface area (TPSA) is 63.6 Å². The van der Waals surface area contributed by atoms with Crippen molar-refractivity contribution in [3.8, 4) is 5.75 Å². The van der Waals surface area contributed by atoms with Crippen molar-refractivity contribution < 1.29 is 19.4 Å². The number of ether oxygens (including phenoxy) is 1. The molecule has 0 saturated carbocycles. The van der Waals surface area contributed by atoms with Crippen LogP contribution in [0.1, 0.15) is 17.3 Å². The third-order valence-corrected chi connectivity index (χ3v) is 2.38. The van der Waals surface area contributed by atoms with Crippen molar-refractivity contribution in [1.82, 2.24) is 0 Å². The number of rotatable bonds is 5. The molecule has 0 heterocycles. The molecule has 1 N–H and O–H groups in total. The second-order valence-corrected chi connectivity index (χ2v) is 4.02. The van der Waals surface area contributed by atoms with Gasteiger partial charge in [0.1, 0.15) is 5.75 Å². The zero-order chi connectivity index (χ0) is 12.8. The largest absolute Gasteiger partial charge is 0.493 e. The van der Waals surface area contributed by atoms with Gasteiger partial charge in [-0.3, -0.25) is 4.79 Å². The van der Waals surface area contributed by atoms with Crippen LogP contribution in [0.15, 0.2) is 34.8 Å². The van der Waals surface area contributed by atoms with E-state index >= 15 is 0 Å². The molecule has 0 amide bonds. The number of hydrogen-bond donors (Lipinski definition) is 1. The summed E-state index contributed by atoms with van der Waals surface area (Å²) in [6.45, 7) is 2.24. The maximum Gasteiger partial charge on any atom is 0.328 e. The quantitative estimate of drug-likeness (QED) is 0.670. The monoisotopic (exact) mass is 298 g/mol. The molecule has 5 heteroatoms. The Morgan fingerprint density at radius 1 is 1.41 bits per heavy atom. The number of aliphatic carboxylic acids is 1. The lowest BCUT2D eigenvalue weighted by molar-refractivity contribution is -0.131. The molecule has 1 aromatic carbocycles. The van der Waals surface area contributed by atoms with Crippen molar-refractivity contribution in [2.45, 2.75) is 6.92 Å². The Kier molecular flexibility index (Phi) is 4.90. The molecule has 0 unspecified atom stereocenters. The van der Waals surface area contributed by atoms with E-state index in [1.54, 1.807) is 18.2 Å². The Morgan fingerprint density at radius 2 is 2.12 bits per heavy atom. The summed E-state index contributed by atoms with van der Waals surface area (Å²) in [6.07, 6.45) is 1.81. The number of ketones is 1. The fourth-order valence-electron chi connectivity index (χ4n) is 1.21. The van der Waals surface area contributed by atoms with Crippen LogP contribution < -0.4 is 4.74 Å². The maximum atomic E-state index is 11.7. The van der Waals surface area contributed by atoms with Crippen LogP contribution in [0.25, 0.3) is 0 Å². The molecule has 0 fully saturated rings. The number of halogens is 1. The summed E-state index contributed by atoms with van der Waals surface area (Å²) < 4.78 is 6.03. The van der Waals surface area contributed by atoms with E-state index < -0.39 is 11.8 Å². The van der Waals surface area contributed by atoms with E-state index in [2.05, 4.69) is 15.9 Å².